The van der Waals surface area contributed by atoms with E-state index in [1.54, 1.807) is 13.3 Å². The Morgan fingerprint density at radius 2 is 2.11 bits per heavy atom. The normalized spacial score (nSPS) is 11.4. The lowest BCUT2D eigenvalue weighted by Crippen LogP contribution is -2.12. The third-order valence-electron chi connectivity index (χ3n) is 3.07. The van der Waals surface area contributed by atoms with Crippen molar-refractivity contribution in [1.29, 1.82) is 0 Å². The van der Waals surface area contributed by atoms with Crippen LogP contribution in [0.3, 0.4) is 0 Å². The highest BCUT2D eigenvalue weighted by molar-refractivity contribution is 5.59. The van der Waals surface area contributed by atoms with Crippen molar-refractivity contribution in [2.75, 3.05) is 12.4 Å². The lowest BCUT2D eigenvalue weighted by Gasteiger charge is -2.21. The van der Waals surface area contributed by atoms with Gasteiger partial charge in [0.05, 0.1) is 19.3 Å². The lowest BCUT2D eigenvalue weighted by atomic mass is 9.87. The summed E-state index contributed by atoms with van der Waals surface area (Å²) >= 11 is 0. The van der Waals surface area contributed by atoms with Gasteiger partial charge < -0.3 is 15.0 Å². The Kier molecular flexibility index (Phi) is 3.79. The summed E-state index contributed by atoms with van der Waals surface area (Å²) in [4.78, 5) is 7.27. The smallest absolute Gasteiger partial charge is 0.141 e. The van der Waals surface area contributed by atoms with E-state index in [4.69, 9.17) is 4.74 Å². The predicted octanol–water partition coefficient (Wildman–Crippen LogP) is 3.33. The van der Waals surface area contributed by atoms with Gasteiger partial charge >= 0.3 is 0 Å². The van der Waals surface area contributed by atoms with Crippen LogP contribution in [0.5, 0.6) is 5.75 Å². The molecule has 4 nitrogen and oxygen atoms in total. The summed E-state index contributed by atoms with van der Waals surface area (Å²) in [6.45, 7) is 7.25. The van der Waals surface area contributed by atoms with Crippen molar-refractivity contribution in [3.63, 3.8) is 0 Å². The molecule has 0 fully saturated rings. The topological polar surface area (TPSA) is 49.9 Å². The minimum absolute atomic E-state index is 0.118. The first kappa shape index (κ1) is 13.5. The fourth-order valence-corrected chi connectivity index (χ4v) is 1.89. The zero-order valence-electron chi connectivity index (χ0n) is 11.9. The second-order valence-electron chi connectivity index (χ2n) is 5.55. The number of rotatable bonds is 4. The Balaban J connectivity index is 2.21. The Morgan fingerprint density at radius 1 is 1.32 bits per heavy atom. The third kappa shape index (κ3) is 3.28. The highest BCUT2D eigenvalue weighted by Crippen LogP contribution is 2.31. The van der Waals surface area contributed by atoms with Gasteiger partial charge in [0.25, 0.3) is 0 Å². The van der Waals surface area contributed by atoms with Crippen LogP contribution in [0.15, 0.2) is 30.6 Å². The maximum atomic E-state index is 5.39. The molecular formula is C15H21N3O. The number of benzene rings is 1. The molecule has 2 aromatic rings. The van der Waals surface area contributed by atoms with Gasteiger partial charge in [0.1, 0.15) is 11.6 Å². The molecule has 0 aliphatic heterocycles. The van der Waals surface area contributed by atoms with Crippen LogP contribution < -0.4 is 10.1 Å². The van der Waals surface area contributed by atoms with E-state index < -0.39 is 0 Å². The van der Waals surface area contributed by atoms with Crippen LogP contribution >= 0.6 is 0 Å². The summed E-state index contributed by atoms with van der Waals surface area (Å²) in [6.07, 6.45) is 3.57. The second-order valence-corrected chi connectivity index (χ2v) is 5.55. The molecule has 0 aliphatic rings. The van der Waals surface area contributed by atoms with E-state index in [1.807, 2.05) is 12.3 Å². The number of hydrogen-bond acceptors (Lipinski definition) is 3. The van der Waals surface area contributed by atoms with Crippen LogP contribution in [0.2, 0.25) is 0 Å². The second kappa shape index (κ2) is 5.34. The molecule has 1 heterocycles. The number of ether oxygens (including phenoxy) is 1. The average molecular weight is 259 g/mol. The maximum Gasteiger partial charge on any atom is 0.141 e. The van der Waals surface area contributed by atoms with Gasteiger partial charge in [0, 0.05) is 12.4 Å². The minimum atomic E-state index is 0.118. The number of H-pyrrole nitrogens is 1. The summed E-state index contributed by atoms with van der Waals surface area (Å²) in [5.74, 6) is 1.75. The van der Waals surface area contributed by atoms with Crippen molar-refractivity contribution < 1.29 is 4.74 Å². The van der Waals surface area contributed by atoms with E-state index >= 15 is 0 Å². The van der Waals surface area contributed by atoms with Gasteiger partial charge in [-0.1, -0.05) is 26.8 Å². The van der Waals surface area contributed by atoms with Crippen molar-refractivity contribution in [3.05, 3.63) is 42.0 Å². The van der Waals surface area contributed by atoms with Gasteiger partial charge in [-0.25, -0.2) is 4.98 Å². The molecule has 0 unspecified atom stereocenters. The zero-order valence-corrected chi connectivity index (χ0v) is 11.9. The number of aromatic nitrogens is 2. The van der Waals surface area contributed by atoms with Crippen LogP contribution in [-0.2, 0) is 12.0 Å². The molecule has 0 aliphatic carbocycles. The van der Waals surface area contributed by atoms with Crippen LogP contribution in [0.25, 0.3) is 0 Å². The van der Waals surface area contributed by atoms with Crippen molar-refractivity contribution in [2.24, 2.45) is 0 Å². The van der Waals surface area contributed by atoms with Gasteiger partial charge in [-0.05, 0) is 23.1 Å². The number of aromatic amines is 1. The summed E-state index contributed by atoms with van der Waals surface area (Å²) in [6, 6.07) is 6.25. The summed E-state index contributed by atoms with van der Waals surface area (Å²) in [5, 5.41) is 3.36. The summed E-state index contributed by atoms with van der Waals surface area (Å²) < 4.78 is 5.39. The van der Waals surface area contributed by atoms with Crippen LogP contribution in [0, 0.1) is 0 Å². The van der Waals surface area contributed by atoms with Gasteiger partial charge in [-0.3, -0.25) is 0 Å². The first-order valence-corrected chi connectivity index (χ1v) is 6.41. The number of nitrogens with one attached hydrogen (secondary N) is 2. The molecule has 0 bridgehead atoms. The fourth-order valence-electron chi connectivity index (χ4n) is 1.89. The molecule has 1 aromatic heterocycles. The monoisotopic (exact) mass is 259 g/mol. The molecule has 4 heteroatoms. The standard InChI is InChI=1S/C15H21N3O/c1-15(2,3)11-5-6-13(19-4)12(9-11)18-10-14-16-7-8-17-14/h5-9,18H,10H2,1-4H3,(H,16,17). The molecule has 2 N–H and O–H groups in total. The lowest BCUT2D eigenvalue weighted by molar-refractivity contribution is 0.416. The van der Waals surface area contributed by atoms with Crippen LogP contribution in [0.4, 0.5) is 5.69 Å². The molecule has 0 amide bonds. The molecule has 0 atom stereocenters. The Bertz CT molecular complexity index is 527. The highest BCUT2D eigenvalue weighted by Gasteiger charge is 2.15. The summed E-state index contributed by atoms with van der Waals surface area (Å²) in [7, 11) is 1.68. The number of nitrogens with zero attached hydrogens (tertiary/aromatic N) is 1. The third-order valence-corrected chi connectivity index (χ3v) is 3.07. The van der Waals surface area contributed by atoms with Crippen LogP contribution in [-0.4, -0.2) is 17.1 Å². The van der Waals surface area contributed by atoms with E-state index in [9.17, 15) is 0 Å². The average Bonchev–Trinajstić information content (AvgIpc) is 2.88. The minimum Gasteiger partial charge on any atom is -0.495 e. The molecule has 19 heavy (non-hydrogen) atoms. The first-order valence-electron chi connectivity index (χ1n) is 6.41. The predicted molar refractivity (Wildman–Crippen MR) is 77.6 cm³/mol. The van der Waals surface area contributed by atoms with Gasteiger partial charge in [-0.15, -0.1) is 0 Å². The van der Waals surface area contributed by atoms with Gasteiger partial charge in [0.15, 0.2) is 0 Å². The summed E-state index contributed by atoms with van der Waals surface area (Å²) in [5.41, 5.74) is 2.38. The van der Waals surface area contributed by atoms with Crippen molar-refractivity contribution in [2.45, 2.75) is 32.7 Å². The van der Waals surface area contributed by atoms with Crippen molar-refractivity contribution in [3.8, 4) is 5.75 Å². The molecule has 0 saturated carbocycles. The van der Waals surface area contributed by atoms with E-state index in [1.165, 1.54) is 5.56 Å². The quantitative estimate of drug-likeness (QED) is 0.885. The Labute approximate surface area is 114 Å². The molecule has 0 radical (unpaired) electrons. The maximum absolute atomic E-state index is 5.39. The number of anilines is 1. The van der Waals surface area contributed by atoms with Gasteiger partial charge in [0.2, 0.25) is 0 Å². The van der Waals surface area contributed by atoms with Gasteiger partial charge in [-0.2, -0.15) is 0 Å². The zero-order chi connectivity index (χ0) is 13.9. The Hall–Kier alpha value is -1.97. The van der Waals surface area contributed by atoms with E-state index in [-0.39, 0.29) is 5.41 Å². The molecule has 102 valence electrons. The van der Waals surface area contributed by atoms with E-state index in [0.29, 0.717) is 6.54 Å². The first-order chi connectivity index (χ1) is 9.00. The van der Waals surface area contributed by atoms with Crippen LogP contribution in [0.1, 0.15) is 32.2 Å². The number of methoxy groups -OCH3 is 1. The van der Waals surface area contributed by atoms with E-state index in [0.717, 1.165) is 17.3 Å². The Morgan fingerprint density at radius 3 is 2.68 bits per heavy atom. The van der Waals surface area contributed by atoms with E-state index in [2.05, 4.69) is 48.2 Å². The SMILES string of the molecule is COc1ccc(C(C)(C)C)cc1NCc1ncc[nH]1. The molecule has 2 rings (SSSR count). The number of imidazole rings is 1. The highest BCUT2D eigenvalue weighted by atomic mass is 16.5. The molecule has 0 saturated heterocycles. The number of hydrogen-bond donors (Lipinski definition) is 2. The molecular weight excluding hydrogens is 238 g/mol. The van der Waals surface area contributed by atoms with Crippen molar-refractivity contribution >= 4 is 5.69 Å². The molecule has 1 aromatic carbocycles. The fraction of sp³-hybridized carbons (Fsp3) is 0.400. The van der Waals surface area contributed by atoms with Crippen molar-refractivity contribution in [1.82, 2.24) is 9.97 Å². The molecule has 0 spiro atoms. The largest absolute Gasteiger partial charge is 0.495 e.